The Morgan fingerprint density at radius 3 is 2.56 bits per heavy atom. The molecule has 0 saturated carbocycles. The van der Waals surface area contributed by atoms with Crippen LogP contribution in [0.5, 0.6) is 5.75 Å². The molecule has 0 radical (unpaired) electrons. The molecule has 1 aromatic carbocycles. The summed E-state index contributed by atoms with van der Waals surface area (Å²) in [5, 5.41) is 3.34. The fourth-order valence-corrected chi connectivity index (χ4v) is 2.10. The van der Waals surface area contributed by atoms with Gasteiger partial charge in [-0.25, -0.2) is 0 Å². The number of rotatable bonds is 6. The van der Waals surface area contributed by atoms with Crippen molar-refractivity contribution < 1.29 is 9.47 Å². The monoisotopic (exact) mass is 249 g/mol. The van der Waals surface area contributed by atoms with Gasteiger partial charge in [0.05, 0.1) is 19.3 Å². The van der Waals surface area contributed by atoms with Crippen LogP contribution in [0, 0.1) is 6.92 Å². The zero-order valence-corrected chi connectivity index (χ0v) is 11.2. The maximum Gasteiger partial charge on any atom is 0.119 e. The van der Waals surface area contributed by atoms with Gasteiger partial charge in [0, 0.05) is 6.42 Å². The van der Waals surface area contributed by atoms with Crippen LogP contribution in [0.4, 0.5) is 0 Å². The minimum atomic E-state index is 0.450. The standard InChI is InChI=1S/C15H23NO2/c1-13-3-5-14(6-4-13)17-11-2-12-18-15-7-9-16-10-8-15/h3-6,15-16H,2,7-12H2,1H3. The molecule has 1 aromatic rings. The molecule has 3 heteroatoms. The lowest BCUT2D eigenvalue weighted by molar-refractivity contribution is 0.0269. The molecule has 0 amide bonds. The normalized spacial score (nSPS) is 16.7. The molecule has 1 aliphatic rings. The van der Waals surface area contributed by atoms with Gasteiger partial charge in [0.15, 0.2) is 0 Å². The SMILES string of the molecule is Cc1ccc(OCCCOC2CCNCC2)cc1. The molecule has 1 fully saturated rings. The quantitative estimate of drug-likeness (QED) is 0.786. The highest BCUT2D eigenvalue weighted by atomic mass is 16.5. The Bertz CT molecular complexity index is 331. The molecule has 1 aliphatic heterocycles. The van der Waals surface area contributed by atoms with Crippen molar-refractivity contribution in [2.24, 2.45) is 0 Å². The van der Waals surface area contributed by atoms with Gasteiger partial charge in [-0.05, 0) is 45.0 Å². The molecule has 18 heavy (non-hydrogen) atoms. The number of piperidine rings is 1. The van der Waals surface area contributed by atoms with Gasteiger partial charge in [-0.2, -0.15) is 0 Å². The Hall–Kier alpha value is -1.06. The summed E-state index contributed by atoms with van der Waals surface area (Å²) in [6.07, 6.45) is 3.68. The van der Waals surface area contributed by atoms with Gasteiger partial charge < -0.3 is 14.8 Å². The molecule has 1 saturated heterocycles. The second-order valence-electron chi connectivity index (χ2n) is 4.84. The number of hydrogen-bond acceptors (Lipinski definition) is 3. The molecular formula is C15H23NO2. The van der Waals surface area contributed by atoms with Crippen LogP contribution in [0.3, 0.4) is 0 Å². The first kappa shape index (κ1) is 13.4. The molecule has 0 aliphatic carbocycles. The third-order valence-corrected chi connectivity index (χ3v) is 3.22. The Morgan fingerprint density at radius 2 is 1.83 bits per heavy atom. The van der Waals surface area contributed by atoms with E-state index in [0.29, 0.717) is 6.10 Å². The highest BCUT2D eigenvalue weighted by Gasteiger charge is 2.12. The molecule has 1 N–H and O–H groups in total. The van der Waals surface area contributed by atoms with E-state index < -0.39 is 0 Å². The summed E-state index contributed by atoms with van der Waals surface area (Å²) in [4.78, 5) is 0. The number of ether oxygens (including phenoxy) is 2. The van der Waals surface area contributed by atoms with Crippen molar-refractivity contribution in [2.45, 2.75) is 32.3 Å². The third-order valence-electron chi connectivity index (χ3n) is 3.22. The van der Waals surface area contributed by atoms with Crippen LogP contribution in [-0.2, 0) is 4.74 Å². The van der Waals surface area contributed by atoms with E-state index in [1.54, 1.807) is 0 Å². The molecule has 2 rings (SSSR count). The van der Waals surface area contributed by atoms with E-state index in [-0.39, 0.29) is 0 Å². The maximum absolute atomic E-state index is 5.82. The van der Waals surface area contributed by atoms with Crippen LogP contribution in [-0.4, -0.2) is 32.4 Å². The van der Waals surface area contributed by atoms with Crippen molar-refractivity contribution in [2.75, 3.05) is 26.3 Å². The Balaban J connectivity index is 1.54. The van der Waals surface area contributed by atoms with Gasteiger partial charge in [0.2, 0.25) is 0 Å². The van der Waals surface area contributed by atoms with Crippen molar-refractivity contribution in [3.05, 3.63) is 29.8 Å². The van der Waals surface area contributed by atoms with Crippen LogP contribution in [0.25, 0.3) is 0 Å². The zero-order valence-electron chi connectivity index (χ0n) is 11.2. The predicted octanol–water partition coefficient (Wildman–Crippen LogP) is 2.53. The number of aryl methyl sites for hydroxylation is 1. The van der Waals surface area contributed by atoms with Gasteiger partial charge in [-0.1, -0.05) is 17.7 Å². The van der Waals surface area contributed by atoms with Crippen molar-refractivity contribution in [1.82, 2.24) is 5.32 Å². The molecule has 0 spiro atoms. The zero-order chi connectivity index (χ0) is 12.6. The van der Waals surface area contributed by atoms with Gasteiger partial charge in [-0.3, -0.25) is 0 Å². The van der Waals surface area contributed by atoms with Crippen molar-refractivity contribution in [3.8, 4) is 5.75 Å². The molecule has 0 aromatic heterocycles. The molecule has 3 nitrogen and oxygen atoms in total. The molecular weight excluding hydrogens is 226 g/mol. The Labute approximate surface area is 109 Å². The second kappa shape index (κ2) is 7.39. The van der Waals surface area contributed by atoms with E-state index >= 15 is 0 Å². The summed E-state index contributed by atoms with van der Waals surface area (Å²) in [5.41, 5.74) is 1.26. The molecule has 100 valence electrons. The summed E-state index contributed by atoms with van der Waals surface area (Å²) >= 11 is 0. The molecule has 0 unspecified atom stereocenters. The van der Waals surface area contributed by atoms with Gasteiger partial charge in [0.1, 0.15) is 5.75 Å². The van der Waals surface area contributed by atoms with Crippen molar-refractivity contribution >= 4 is 0 Å². The minimum Gasteiger partial charge on any atom is -0.494 e. The summed E-state index contributed by atoms with van der Waals surface area (Å²) < 4.78 is 11.5. The molecule has 0 atom stereocenters. The minimum absolute atomic E-state index is 0.450. The lowest BCUT2D eigenvalue weighted by Gasteiger charge is -2.22. The van der Waals surface area contributed by atoms with Gasteiger partial charge in [-0.15, -0.1) is 0 Å². The summed E-state index contributed by atoms with van der Waals surface area (Å²) in [6.45, 7) is 5.79. The van der Waals surface area contributed by atoms with E-state index in [0.717, 1.165) is 51.3 Å². The van der Waals surface area contributed by atoms with E-state index in [1.165, 1.54) is 5.56 Å². The Morgan fingerprint density at radius 1 is 1.11 bits per heavy atom. The van der Waals surface area contributed by atoms with Crippen molar-refractivity contribution in [1.29, 1.82) is 0 Å². The highest BCUT2D eigenvalue weighted by molar-refractivity contribution is 5.26. The van der Waals surface area contributed by atoms with E-state index in [2.05, 4.69) is 24.4 Å². The summed E-state index contributed by atoms with van der Waals surface area (Å²) in [5.74, 6) is 0.947. The predicted molar refractivity (Wildman–Crippen MR) is 73.1 cm³/mol. The topological polar surface area (TPSA) is 30.5 Å². The van der Waals surface area contributed by atoms with Crippen LogP contribution < -0.4 is 10.1 Å². The smallest absolute Gasteiger partial charge is 0.119 e. The first-order valence-corrected chi connectivity index (χ1v) is 6.86. The van der Waals surface area contributed by atoms with Crippen molar-refractivity contribution in [3.63, 3.8) is 0 Å². The maximum atomic E-state index is 5.82. The second-order valence-corrected chi connectivity index (χ2v) is 4.84. The summed E-state index contributed by atoms with van der Waals surface area (Å²) in [6, 6.07) is 8.17. The van der Waals surface area contributed by atoms with Gasteiger partial charge >= 0.3 is 0 Å². The number of benzene rings is 1. The lowest BCUT2D eigenvalue weighted by Crippen LogP contribution is -2.32. The largest absolute Gasteiger partial charge is 0.494 e. The van der Waals surface area contributed by atoms with Crippen LogP contribution >= 0.6 is 0 Å². The average Bonchev–Trinajstić information content (AvgIpc) is 2.42. The third kappa shape index (κ3) is 4.67. The van der Waals surface area contributed by atoms with Crippen LogP contribution in [0.15, 0.2) is 24.3 Å². The first-order chi connectivity index (χ1) is 8.84. The highest BCUT2D eigenvalue weighted by Crippen LogP contribution is 2.12. The fourth-order valence-electron chi connectivity index (χ4n) is 2.10. The summed E-state index contributed by atoms with van der Waals surface area (Å²) in [7, 11) is 0. The van der Waals surface area contributed by atoms with E-state index in [1.807, 2.05) is 12.1 Å². The fraction of sp³-hybridized carbons (Fsp3) is 0.600. The number of nitrogens with one attached hydrogen (secondary N) is 1. The lowest BCUT2D eigenvalue weighted by atomic mass is 10.1. The Kier molecular flexibility index (Phi) is 5.49. The van der Waals surface area contributed by atoms with Crippen LogP contribution in [0.1, 0.15) is 24.8 Å². The first-order valence-electron chi connectivity index (χ1n) is 6.86. The average molecular weight is 249 g/mol. The molecule has 1 heterocycles. The van der Waals surface area contributed by atoms with E-state index in [9.17, 15) is 0 Å². The number of hydrogen-bond donors (Lipinski definition) is 1. The van der Waals surface area contributed by atoms with Crippen LogP contribution in [0.2, 0.25) is 0 Å². The van der Waals surface area contributed by atoms with Gasteiger partial charge in [0.25, 0.3) is 0 Å². The molecule has 0 bridgehead atoms. The van der Waals surface area contributed by atoms with E-state index in [4.69, 9.17) is 9.47 Å².